The van der Waals surface area contributed by atoms with Gasteiger partial charge in [-0.3, -0.25) is 9.10 Å². The number of anilines is 2. The Labute approximate surface area is 155 Å². The maximum absolute atomic E-state index is 13.1. The predicted molar refractivity (Wildman–Crippen MR) is 105 cm³/mol. The van der Waals surface area contributed by atoms with E-state index in [0.717, 1.165) is 35.1 Å². The SMILES string of the molecule is Cc1cccc(N(CC(=O)N2c3ccccc3C[C@@H]2C)S(C)(=O)=O)c1C. The molecule has 1 aliphatic heterocycles. The van der Waals surface area contributed by atoms with Gasteiger partial charge in [0.2, 0.25) is 15.9 Å². The quantitative estimate of drug-likeness (QED) is 0.829. The molecule has 26 heavy (non-hydrogen) atoms. The Morgan fingerprint density at radius 3 is 2.54 bits per heavy atom. The Hall–Kier alpha value is -2.34. The molecule has 2 aromatic rings. The largest absolute Gasteiger partial charge is 0.307 e. The van der Waals surface area contributed by atoms with Crippen LogP contribution in [0.5, 0.6) is 0 Å². The van der Waals surface area contributed by atoms with Crippen molar-refractivity contribution >= 4 is 27.3 Å². The molecule has 0 fully saturated rings. The molecule has 0 radical (unpaired) electrons. The summed E-state index contributed by atoms with van der Waals surface area (Å²) in [6.07, 6.45) is 1.92. The van der Waals surface area contributed by atoms with Gasteiger partial charge < -0.3 is 4.90 Å². The Balaban J connectivity index is 1.96. The van der Waals surface area contributed by atoms with E-state index in [0.29, 0.717) is 5.69 Å². The van der Waals surface area contributed by atoms with E-state index in [-0.39, 0.29) is 18.5 Å². The van der Waals surface area contributed by atoms with Crippen molar-refractivity contribution in [1.29, 1.82) is 0 Å². The van der Waals surface area contributed by atoms with Crippen LogP contribution in [-0.4, -0.2) is 33.2 Å². The summed E-state index contributed by atoms with van der Waals surface area (Å²) in [5.74, 6) is -0.214. The molecule has 0 N–H and O–H groups in total. The van der Waals surface area contributed by atoms with E-state index >= 15 is 0 Å². The Bertz CT molecular complexity index is 953. The van der Waals surface area contributed by atoms with E-state index in [2.05, 4.69) is 0 Å². The van der Waals surface area contributed by atoms with E-state index in [1.165, 1.54) is 4.31 Å². The van der Waals surface area contributed by atoms with Crippen LogP contribution >= 0.6 is 0 Å². The standard InChI is InChI=1S/C20H24N2O3S/c1-14-8-7-11-18(16(14)3)21(26(4,24)25)13-20(23)22-15(2)12-17-9-5-6-10-19(17)22/h5-11,15H,12-13H2,1-4H3/t15-/m0/s1. The fraction of sp³-hybridized carbons (Fsp3) is 0.350. The number of sulfonamides is 1. The van der Waals surface area contributed by atoms with Gasteiger partial charge in [0.05, 0.1) is 11.9 Å². The summed E-state index contributed by atoms with van der Waals surface area (Å²) in [6, 6.07) is 13.3. The molecule has 0 saturated heterocycles. The van der Waals surface area contributed by atoms with Gasteiger partial charge in [-0.25, -0.2) is 8.42 Å². The molecule has 2 aromatic carbocycles. The molecule has 5 nitrogen and oxygen atoms in total. The number of rotatable bonds is 4. The second-order valence-corrected chi connectivity index (χ2v) is 8.84. The molecule has 0 aromatic heterocycles. The van der Waals surface area contributed by atoms with Gasteiger partial charge in [-0.05, 0) is 56.0 Å². The van der Waals surface area contributed by atoms with Gasteiger partial charge in [-0.2, -0.15) is 0 Å². The number of benzene rings is 2. The summed E-state index contributed by atoms with van der Waals surface area (Å²) in [4.78, 5) is 14.8. The van der Waals surface area contributed by atoms with Crippen molar-refractivity contribution in [1.82, 2.24) is 0 Å². The number of hydrogen-bond donors (Lipinski definition) is 0. The van der Waals surface area contributed by atoms with E-state index in [1.54, 1.807) is 11.0 Å². The number of nitrogens with zero attached hydrogens (tertiary/aromatic N) is 2. The molecule has 1 heterocycles. The minimum atomic E-state index is -3.59. The summed E-state index contributed by atoms with van der Waals surface area (Å²) in [7, 11) is -3.59. The molecule has 0 saturated carbocycles. The summed E-state index contributed by atoms with van der Waals surface area (Å²) in [5, 5.41) is 0. The van der Waals surface area contributed by atoms with Gasteiger partial charge in [0.25, 0.3) is 0 Å². The van der Waals surface area contributed by atoms with E-state index < -0.39 is 10.0 Å². The third kappa shape index (κ3) is 3.33. The zero-order valence-corrected chi connectivity index (χ0v) is 16.4. The van der Waals surface area contributed by atoms with Crippen LogP contribution in [-0.2, 0) is 21.2 Å². The number of carbonyl (C=O) groups excluding carboxylic acids is 1. The number of aryl methyl sites for hydroxylation is 1. The van der Waals surface area contributed by atoms with Crippen molar-refractivity contribution in [3.8, 4) is 0 Å². The normalized spacial score (nSPS) is 16.5. The van der Waals surface area contributed by atoms with Crippen molar-refractivity contribution in [2.24, 2.45) is 0 Å². The third-order valence-electron chi connectivity index (χ3n) is 5.00. The third-order valence-corrected chi connectivity index (χ3v) is 6.13. The number of para-hydroxylation sites is 1. The molecule has 1 aliphatic rings. The summed E-state index contributed by atoms with van der Waals surface area (Å²) >= 11 is 0. The Morgan fingerprint density at radius 2 is 1.85 bits per heavy atom. The van der Waals surface area contributed by atoms with Gasteiger partial charge in [0, 0.05) is 11.7 Å². The maximum Gasteiger partial charge on any atom is 0.248 e. The Morgan fingerprint density at radius 1 is 1.15 bits per heavy atom. The molecular weight excluding hydrogens is 348 g/mol. The van der Waals surface area contributed by atoms with Crippen LogP contribution in [0, 0.1) is 13.8 Å². The van der Waals surface area contributed by atoms with Gasteiger partial charge in [0.1, 0.15) is 6.54 Å². The molecule has 3 rings (SSSR count). The average molecular weight is 372 g/mol. The second-order valence-electron chi connectivity index (χ2n) is 6.93. The molecule has 0 unspecified atom stereocenters. The molecule has 1 atom stereocenters. The first-order chi connectivity index (χ1) is 12.2. The van der Waals surface area contributed by atoms with Crippen LogP contribution in [0.3, 0.4) is 0 Å². The lowest BCUT2D eigenvalue weighted by atomic mass is 10.1. The highest BCUT2D eigenvalue weighted by Gasteiger charge is 2.33. The highest BCUT2D eigenvalue weighted by Crippen LogP contribution is 2.32. The van der Waals surface area contributed by atoms with Crippen LogP contribution < -0.4 is 9.21 Å². The summed E-state index contributed by atoms with van der Waals surface area (Å²) in [5.41, 5.74) is 4.40. The molecule has 138 valence electrons. The molecule has 0 spiro atoms. The van der Waals surface area contributed by atoms with Gasteiger partial charge in [-0.15, -0.1) is 0 Å². The number of hydrogen-bond acceptors (Lipinski definition) is 3. The van der Waals surface area contributed by atoms with Crippen LogP contribution in [0.1, 0.15) is 23.6 Å². The van der Waals surface area contributed by atoms with Crippen LogP contribution in [0.15, 0.2) is 42.5 Å². The fourth-order valence-corrected chi connectivity index (χ4v) is 4.43. The predicted octanol–water partition coefficient (Wildman–Crippen LogP) is 3.05. The van der Waals surface area contributed by atoms with Crippen molar-refractivity contribution in [2.75, 3.05) is 22.0 Å². The minimum absolute atomic E-state index is 0.0138. The number of fused-ring (bicyclic) bond motifs is 1. The zero-order chi connectivity index (χ0) is 19.1. The minimum Gasteiger partial charge on any atom is -0.307 e. The molecule has 1 amide bonds. The van der Waals surface area contributed by atoms with Crippen LogP contribution in [0.2, 0.25) is 0 Å². The topological polar surface area (TPSA) is 57.7 Å². The van der Waals surface area contributed by atoms with Gasteiger partial charge in [-0.1, -0.05) is 30.3 Å². The van der Waals surface area contributed by atoms with E-state index in [9.17, 15) is 13.2 Å². The summed E-state index contributed by atoms with van der Waals surface area (Å²) < 4.78 is 26.1. The fourth-order valence-electron chi connectivity index (χ4n) is 3.53. The zero-order valence-electron chi connectivity index (χ0n) is 15.6. The molecule has 0 bridgehead atoms. The van der Waals surface area contributed by atoms with Crippen molar-refractivity contribution < 1.29 is 13.2 Å². The first-order valence-corrected chi connectivity index (χ1v) is 10.5. The molecular formula is C20H24N2O3S. The lowest BCUT2D eigenvalue weighted by Gasteiger charge is -2.29. The smallest absolute Gasteiger partial charge is 0.248 e. The highest BCUT2D eigenvalue weighted by atomic mass is 32.2. The van der Waals surface area contributed by atoms with E-state index in [1.807, 2.05) is 57.2 Å². The highest BCUT2D eigenvalue weighted by molar-refractivity contribution is 7.92. The van der Waals surface area contributed by atoms with Gasteiger partial charge in [0.15, 0.2) is 0 Å². The maximum atomic E-state index is 13.1. The monoisotopic (exact) mass is 372 g/mol. The first-order valence-electron chi connectivity index (χ1n) is 8.64. The summed E-state index contributed by atoms with van der Waals surface area (Å²) in [6.45, 7) is 5.59. The lowest BCUT2D eigenvalue weighted by Crippen LogP contribution is -2.45. The van der Waals surface area contributed by atoms with Crippen LogP contribution in [0.25, 0.3) is 0 Å². The Kier molecular flexibility index (Phi) is 4.80. The van der Waals surface area contributed by atoms with Crippen molar-refractivity contribution in [3.05, 3.63) is 59.2 Å². The van der Waals surface area contributed by atoms with E-state index in [4.69, 9.17) is 0 Å². The first kappa shape index (κ1) is 18.5. The van der Waals surface area contributed by atoms with Crippen LogP contribution in [0.4, 0.5) is 11.4 Å². The number of amides is 1. The second kappa shape index (κ2) is 6.76. The molecule has 0 aliphatic carbocycles. The van der Waals surface area contributed by atoms with Crippen molar-refractivity contribution in [2.45, 2.75) is 33.2 Å². The van der Waals surface area contributed by atoms with Crippen molar-refractivity contribution in [3.63, 3.8) is 0 Å². The average Bonchev–Trinajstić information content (AvgIpc) is 2.90. The molecule has 6 heteroatoms. The van der Waals surface area contributed by atoms with Gasteiger partial charge >= 0.3 is 0 Å². The lowest BCUT2D eigenvalue weighted by molar-refractivity contribution is -0.117. The number of carbonyl (C=O) groups is 1.